The van der Waals surface area contributed by atoms with E-state index >= 15 is 0 Å². The Balaban J connectivity index is 2.03. The molecule has 1 aliphatic heterocycles. The number of ether oxygens (including phenoxy) is 2. The molecule has 1 N–H and O–H groups in total. The Kier molecular flexibility index (Phi) is 5.41. The number of aromatic nitrogens is 1. The maximum Gasteiger partial charge on any atom is 0.410 e. The summed E-state index contributed by atoms with van der Waals surface area (Å²) in [5.74, 6) is 0. The Morgan fingerprint density at radius 3 is 2.95 bits per heavy atom. The fourth-order valence-electron chi connectivity index (χ4n) is 2.34. The first-order valence-electron chi connectivity index (χ1n) is 7.43. The molecule has 22 heavy (non-hydrogen) atoms. The molecule has 1 amide bonds. The van der Waals surface area contributed by atoms with Crippen molar-refractivity contribution in [3.8, 4) is 0 Å². The lowest BCUT2D eigenvalue weighted by Crippen LogP contribution is -2.55. The second-order valence-corrected chi connectivity index (χ2v) is 7.51. The van der Waals surface area contributed by atoms with E-state index in [0.29, 0.717) is 26.2 Å². The molecule has 2 atom stereocenters. The monoisotopic (exact) mass is 328 g/mol. The van der Waals surface area contributed by atoms with E-state index in [1.165, 1.54) is 0 Å². The second kappa shape index (κ2) is 6.93. The van der Waals surface area contributed by atoms with E-state index in [0.717, 1.165) is 10.7 Å². The Labute approximate surface area is 135 Å². The van der Waals surface area contributed by atoms with E-state index < -0.39 is 23.8 Å². The zero-order valence-electron chi connectivity index (χ0n) is 13.5. The topological polar surface area (TPSA) is 71.9 Å². The lowest BCUT2D eigenvalue weighted by Gasteiger charge is -2.38. The van der Waals surface area contributed by atoms with Gasteiger partial charge in [0.1, 0.15) is 5.60 Å². The number of hydrogen-bond acceptors (Lipinski definition) is 6. The Hall–Kier alpha value is -1.18. The van der Waals surface area contributed by atoms with Crippen LogP contribution < -0.4 is 0 Å². The van der Waals surface area contributed by atoms with Crippen LogP contribution in [0.4, 0.5) is 4.79 Å². The van der Waals surface area contributed by atoms with Gasteiger partial charge in [-0.15, -0.1) is 11.3 Å². The van der Waals surface area contributed by atoms with Crippen molar-refractivity contribution < 1.29 is 19.4 Å². The predicted molar refractivity (Wildman–Crippen MR) is 84.1 cm³/mol. The molecule has 7 heteroatoms. The Bertz CT molecular complexity index is 512. The van der Waals surface area contributed by atoms with E-state index in [1.807, 2.05) is 33.1 Å². The average Bonchev–Trinajstić information content (AvgIpc) is 2.82. The van der Waals surface area contributed by atoms with Crippen molar-refractivity contribution in [3.05, 3.63) is 16.1 Å². The van der Waals surface area contributed by atoms with Crippen molar-refractivity contribution in [3.63, 3.8) is 0 Å². The van der Waals surface area contributed by atoms with Crippen LogP contribution in [0, 0.1) is 6.92 Å². The number of aliphatic hydroxyl groups excluding tert-OH is 1. The Morgan fingerprint density at radius 2 is 2.36 bits per heavy atom. The fourth-order valence-corrected chi connectivity index (χ4v) is 2.97. The van der Waals surface area contributed by atoms with E-state index in [2.05, 4.69) is 4.98 Å². The summed E-state index contributed by atoms with van der Waals surface area (Å²) in [6, 6.07) is -0.411. The number of carbonyl (C=O) groups excluding carboxylic acids is 1. The molecule has 0 saturated carbocycles. The summed E-state index contributed by atoms with van der Waals surface area (Å²) in [6.45, 7) is 8.60. The summed E-state index contributed by atoms with van der Waals surface area (Å²) in [5, 5.41) is 13.4. The maximum absolute atomic E-state index is 12.3. The van der Waals surface area contributed by atoms with Gasteiger partial charge in [0.15, 0.2) is 0 Å². The number of aliphatic hydroxyl groups is 1. The molecule has 2 rings (SSSR count). The van der Waals surface area contributed by atoms with Gasteiger partial charge < -0.3 is 14.6 Å². The van der Waals surface area contributed by atoms with Crippen LogP contribution in [0.5, 0.6) is 0 Å². The molecule has 1 aromatic heterocycles. The van der Waals surface area contributed by atoms with Crippen LogP contribution in [-0.4, -0.2) is 58.6 Å². The molecule has 0 aromatic carbocycles. The number of aryl methyl sites for hydroxylation is 1. The van der Waals surface area contributed by atoms with Crippen molar-refractivity contribution in [2.24, 2.45) is 0 Å². The third-order valence-corrected chi connectivity index (χ3v) is 4.14. The molecule has 1 fully saturated rings. The SMILES string of the molecule is Cc1nc(CC(O)C2COCCN2C(=O)OC(C)(C)C)cs1. The van der Waals surface area contributed by atoms with Crippen molar-refractivity contribution in [2.75, 3.05) is 19.8 Å². The summed E-state index contributed by atoms with van der Waals surface area (Å²) in [5.41, 5.74) is 0.279. The minimum atomic E-state index is -0.727. The van der Waals surface area contributed by atoms with Gasteiger partial charge in [0.25, 0.3) is 0 Å². The maximum atomic E-state index is 12.3. The first-order valence-corrected chi connectivity index (χ1v) is 8.30. The minimum absolute atomic E-state index is 0.309. The third-order valence-electron chi connectivity index (χ3n) is 3.32. The first kappa shape index (κ1) is 17.2. The number of hydrogen-bond donors (Lipinski definition) is 1. The number of morpholine rings is 1. The van der Waals surface area contributed by atoms with Gasteiger partial charge in [-0.1, -0.05) is 0 Å². The molecular weight excluding hydrogens is 304 g/mol. The van der Waals surface area contributed by atoms with E-state index in [9.17, 15) is 9.90 Å². The first-order chi connectivity index (χ1) is 10.3. The lowest BCUT2D eigenvalue weighted by molar-refractivity contribution is -0.0661. The van der Waals surface area contributed by atoms with E-state index in [-0.39, 0.29) is 0 Å². The van der Waals surface area contributed by atoms with Crippen LogP contribution in [0.1, 0.15) is 31.5 Å². The average molecular weight is 328 g/mol. The quantitative estimate of drug-likeness (QED) is 0.919. The molecule has 124 valence electrons. The highest BCUT2D eigenvalue weighted by molar-refractivity contribution is 7.09. The van der Waals surface area contributed by atoms with Crippen LogP contribution in [0.15, 0.2) is 5.38 Å². The molecular formula is C15H24N2O4S. The largest absolute Gasteiger partial charge is 0.444 e. The number of rotatable bonds is 3. The molecule has 0 bridgehead atoms. The van der Waals surface area contributed by atoms with Crippen molar-refractivity contribution >= 4 is 17.4 Å². The van der Waals surface area contributed by atoms with Gasteiger partial charge in [-0.05, 0) is 27.7 Å². The molecule has 2 unspecified atom stereocenters. The van der Waals surface area contributed by atoms with Gasteiger partial charge in [-0.3, -0.25) is 4.90 Å². The smallest absolute Gasteiger partial charge is 0.410 e. The highest BCUT2D eigenvalue weighted by Gasteiger charge is 2.35. The minimum Gasteiger partial charge on any atom is -0.444 e. The van der Waals surface area contributed by atoms with Gasteiger partial charge in [0.2, 0.25) is 0 Å². The van der Waals surface area contributed by atoms with E-state index in [4.69, 9.17) is 9.47 Å². The van der Waals surface area contributed by atoms with Gasteiger partial charge in [0, 0.05) is 18.3 Å². The van der Waals surface area contributed by atoms with Crippen LogP contribution in [0.3, 0.4) is 0 Å². The molecule has 1 aromatic rings. The van der Waals surface area contributed by atoms with Crippen LogP contribution in [-0.2, 0) is 15.9 Å². The second-order valence-electron chi connectivity index (χ2n) is 6.45. The zero-order valence-corrected chi connectivity index (χ0v) is 14.4. The number of thiazole rings is 1. The highest BCUT2D eigenvalue weighted by atomic mass is 32.1. The summed E-state index contributed by atoms with van der Waals surface area (Å²) in [6.07, 6.45) is -0.735. The summed E-state index contributed by atoms with van der Waals surface area (Å²) < 4.78 is 10.8. The predicted octanol–water partition coefficient (Wildman–Crippen LogP) is 1.99. The van der Waals surface area contributed by atoms with Crippen LogP contribution >= 0.6 is 11.3 Å². The van der Waals surface area contributed by atoms with Gasteiger partial charge >= 0.3 is 6.09 Å². The van der Waals surface area contributed by atoms with Gasteiger partial charge in [-0.2, -0.15) is 0 Å². The number of nitrogens with zero attached hydrogens (tertiary/aromatic N) is 2. The third kappa shape index (κ3) is 4.66. The van der Waals surface area contributed by atoms with Gasteiger partial charge in [-0.25, -0.2) is 9.78 Å². The van der Waals surface area contributed by atoms with Crippen molar-refractivity contribution in [1.29, 1.82) is 0 Å². The lowest BCUT2D eigenvalue weighted by atomic mass is 10.0. The van der Waals surface area contributed by atoms with Crippen molar-refractivity contribution in [1.82, 2.24) is 9.88 Å². The molecule has 6 nitrogen and oxygen atoms in total. The fraction of sp³-hybridized carbons (Fsp3) is 0.733. The normalized spacial score (nSPS) is 20.8. The standard InChI is InChI=1S/C15H24N2O4S/c1-10-16-11(9-22-10)7-13(18)12-8-20-6-5-17(12)14(19)21-15(2,3)4/h9,12-13,18H,5-8H2,1-4H3. The number of carbonyl (C=O) groups is 1. The zero-order chi connectivity index (χ0) is 16.3. The summed E-state index contributed by atoms with van der Waals surface area (Å²) in [4.78, 5) is 18.2. The van der Waals surface area contributed by atoms with E-state index in [1.54, 1.807) is 16.2 Å². The Morgan fingerprint density at radius 1 is 1.64 bits per heavy atom. The molecule has 1 saturated heterocycles. The van der Waals surface area contributed by atoms with Crippen LogP contribution in [0.2, 0.25) is 0 Å². The molecule has 0 radical (unpaired) electrons. The molecule has 2 heterocycles. The van der Waals surface area contributed by atoms with Crippen molar-refractivity contribution in [2.45, 2.75) is 51.9 Å². The summed E-state index contributed by atoms with van der Waals surface area (Å²) >= 11 is 1.55. The molecule has 0 aliphatic carbocycles. The summed E-state index contributed by atoms with van der Waals surface area (Å²) in [7, 11) is 0. The molecule has 0 spiro atoms. The number of amides is 1. The highest BCUT2D eigenvalue weighted by Crippen LogP contribution is 2.19. The van der Waals surface area contributed by atoms with Crippen LogP contribution in [0.25, 0.3) is 0 Å². The molecule has 1 aliphatic rings. The van der Waals surface area contributed by atoms with Gasteiger partial charge in [0.05, 0.1) is 36.1 Å².